The lowest BCUT2D eigenvalue weighted by atomic mass is 9.95. The zero-order chi connectivity index (χ0) is 35.5. The molecule has 10 heteroatoms. The Bertz CT molecular complexity index is 1690. The molecule has 0 atom stereocenters. The minimum absolute atomic E-state index is 0.119. The van der Waals surface area contributed by atoms with Crippen LogP contribution in [0.1, 0.15) is 70.1 Å². The van der Waals surface area contributed by atoms with Crippen molar-refractivity contribution >= 4 is 21.9 Å². The minimum Gasteiger partial charge on any atom is -0.507 e. The SMILES string of the molecule is CC(C)=CCc1c(OCCCCN2CCOCC2)cc2oc3cc(OCCCCN4CCOCC4)c(CO)c(CC=C(C)C)c3c(=O)c2c1O. The number of hydrogen-bond acceptors (Lipinski definition) is 10. The quantitative estimate of drug-likeness (QED) is 0.0971. The van der Waals surface area contributed by atoms with E-state index in [1.165, 1.54) is 0 Å². The minimum atomic E-state index is -0.335. The fourth-order valence-corrected chi connectivity index (χ4v) is 6.62. The van der Waals surface area contributed by atoms with Crippen LogP contribution in [0.25, 0.3) is 21.9 Å². The molecule has 274 valence electrons. The number of fused-ring (bicyclic) bond motifs is 2. The largest absolute Gasteiger partial charge is 0.507 e. The molecule has 3 heterocycles. The number of nitrogens with zero attached hydrogens (tertiary/aromatic N) is 2. The normalized spacial score (nSPS) is 15.8. The van der Waals surface area contributed by atoms with E-state index in [9.17, 15) is 15.0 Å². The molecule has 0 bridgehead atoms. The van der Waals surface area contributed by atoms with Crippen LogP contribution in [0.5, 0.6) is 17.2 Å². The monoisotopic (exact) mass is 692 g/mol. The van der Waals surface area contributed by atoms with Gasteiger partial charge in [0.25, 0.3) is 0 Å². The second-order valence-corrected chi connectivity index (χ2v) is 13.9. The molecule has 10 nitrogen and oxygen atoms in total. The summed E-state index contributed by atoms with van der Waals surface area (Å²) in [6.07, 6.45) is 8.54. The smallest absolute Gasteiger partial charge is 0.204 e. The third-order valence-electron chi connectivity index (χ3n) is 9.52. The van der Waals surface area contributed by atoms with Gasteiger partial charge in [-0.3, -0.25) is 14.6 Å². The molecule has 0 radical (unpaired) electrons. The van der Waals surface area contributed by atoms with E-state index in [0.29, 0.717) is 65.2 Å². The molecule has 2 N–H and O–H groups in total. The number of phenolic OH excluding ortho intramolecular Hbond substituents is 1. The van der Waals surface area contributed by atoms with Crippen LogP contribution in [0.2, 0.25) is 0 Å². The van der Waals surface area contributed by atoms with Gasteiger partial charge < -0.3 is 33.6 Å². The molecule has 2 aromatic carbocycles. The highest BCUT2D eigenvalue weighted by atomic mass is 16.5. The van der Waals surface area contributed by atoms with Gasteiger partial charge in [0.15, 0.2) is 0 Å². The van der Waals surface area contributed by atoms with Gasteiger partial charge in [-0.15, -0.1) is 0 Å². The van der Waals surface area contributed by atoms with Crippen LogP contribution < -0.4 is 14.9 Å². The number of ether oxygens (including phenoxy) is 4. The van der Waals surface area contributed by atoms with Crippen molar-refractivity contribution in [2.24, 2.45) is 0 Å². The fourth-order valence-electron chi connectivity index (χ4n) is 6.62. The maximum absolute atomic E-state index is 14.4. The van der Waals surface area contributed by atoms with Gasteiger partial charge in [0.1, 0.15) is 33.8 Å². The maximum atomic E-state index is 14.4. The van der Waals surface area contributed by atoms with E-state index >= 15 is 0 Å². The molecule has 0 aliphatic carbocycles. The van der Waals surface area contributed by atoms with Gasteiger partial charge in [-0.05, 0) is 84.9 Å². The number of aromatic hydroxyl groups is 1. The molecule has 5 rings (SSSR count). The van der Waals surface area contributed by atoms with Crippen molar-refractivity contribution in [3.8, 4) is 17.2 Å². The number of aliphatic hydroxyl groups excluding tert-OH is 1. The van der Waals surface area contributed by atoms with Crippen LogP contribution >= 0.6 is 0 Å². The zero-order valence-electron chi connectivity index (χ0n) is 30.5. The lowest BCUT2D eigenvalue weighted by molar-refractivity contribution is 0.0367. The average Bonchev–Trinajstić information content (AvgIpc) is 3.10. The molecule has 3 aromatic rings. The third-order valence-corrected chi connectivity index (χ3v) is 9.52. The number of phenols is 1. The molecule has 2 fully saturated rings. The van der Waals surface area contributed by atoms with Crippen molar-refractivity contribution in [1.29, 1.82) is 0 Å². The molecule has 1 aromatic heterocycles. The van der Waals surface area contributed by atoms with Gasteiger partial charge in [0, 0.05) is 49.4 Å². The molecule has 2 aliphatic rings. The summed E-state index contributed by atoms with van der Waals surface area (Å²) in [5, 5.41) is 22.8. The second-order valence-electron chi connectivity index (χ2n) is 13.9. The van der Waals surface area contributed by atoms with Gasteiger partial charge in [0.2, 0.25) is 5.43 Å². The van der Waals surface area contributed by atoms with Crippen LogP contribution in [-0.4, -0.2) is 98.9 Å². The predicted molar refractivity (Wildman–Crippen MR) is 198 cm³/mol. The summed E-state index contributed by atoms with van der Waals surface area (Å²) in [5.74, 6) is 0.889. The van der Waals surface area contributed by atoms with Crippen LogP contribution in [0, 0.1) is 0 Å². The Kier molecular flexibility index (Phi) is 14.2. The number of rotatable bonds is 17. The molecule has 0 amide bonds. The molecule has 2 aliphatic heterocycles. The molecular formula is C40H56N2O8. The summed E-state index contributed by atoms with van der Waals surface area (Å²) in [5.41, 5.74) is 4.23. The first kappa shape index (κ1) is 37.8. The number of hydrogen-bond donors (Lipinski definition) is 2. The topological polar surface area (TPSA) is 114 Å². The molecule has 0 unspecified atom stereocenters. The Hall–Kier alpha value is -3.41. The zero-order valence-corrected chi connectivity index (χ0v) is 30.5. The maximum Gasteiger partial charge on any atom is 0.204 e. The highest BCUT2D eigenvalue weighted by Gasteiger charge is 2.24. The van der Waals surface area contributed by atoms with Crippen molar-refractivity contribution in [2.45, 2.75) is 72.8 Å². The molecule has 0 spiro atoms. The van der Waals surface area contributed by atoms with E-state index in [2.05, 4.69) is 9.80 Å². The van der Waals surface area contributed by atoms with Crippen molar-refractivity contribution in [2.75, 3.05) is 78.9 Å². The summed E-state index contributed by atoms with van der Waals surface area (Å²) in [6, 6.07) is 3.46. The lowest BCUT2D eigenvalue weighted by Gasteiger charge is -2.26. The Morgan fingerprint density at radius 3 is 1.70 bits per heavy atom. The number of unbranched alkanes of at least 4 members (excludes halogenated alkanes) is 2. The highest BCUT2D eigenvalue weighted by Crippen LogP contribution is 2.39. The summed E-state index contributed by atoms with van der Waals surface area (Å²) < 4.78 is 30.0. The van der Waals surface area contributed by atoms with Crippen LogP contribution in [-0.2, 0) is 28.9 Å². The summed E-state index contributed by atoms with van der Waals surface area (Å²) in [4.78, 5) is 19.2. The van der Waals surface area contributed by atoms with Gasteiger partial charge in [-0.25, -0.2) is 0 Å². The van der Waals surface area contributed by atoms with Crippen molar-refractivity contribution < 1.29 is 33.6 Å². The molecule has 50 heavy (non-hydrogen) atoms. The third kappa shape index (κ3) is 9.88. The summed E-state index contributed by atoms with van der Waals surface area (Å²) in [6.45, 7) is 17.6. The summed E-state index contributed by atoms with van der Waals surface area (Å²) >= 11 is 0. The number of morpholine rings is 2. The first-order chi connectivity index (χ1) is 24.3. The summed E-state index contributed by atoms with van der Waals surface area (Å²) in [7, 11) is 0. The first-order valence-electron chi connectivity index (χ1n) is 18.3. The standard InChI is InChI=1S/C40H56N2O8/c1-28(2)9-11-30-32(27-43)34(49-20-8-6-14-42-17-23-47-24-18-42)26-35-37(30)40(45)38-36(50-35)25-33(31(39(38)44)12-10-29(3)4)48-19-7-5-13-41-15-21-46-22-16-41/h9-10,25-26,43-44H,5-8,11-24,27H2,1-4H3. The lowest BCUT2D eigenvalue weighted by Crippen LogP contribution is -2.36. The Morgan fingerprint density at radius 2 is 1.20 bits per heavy atom. The molecule has 2 saturated heterocycles. The second kappa shape index (κ2) is 18.7. The van der Waals surface area contributed by atoms with Gasteiger partial charge >= 0.3 is 0 Å². The van der Waals surface area contributed by atoms with Crippen molar-refractivity contribution in [3.63, 3.8) is 0 Å². The van der Waals surface area contributed by atoms with E-state index in [1.54, 1.807) is 12.1 Å². The number of benzene rings is 2. The fraction of sp³-hybridized carbons (Fsp3) is 0.575. The van der Waals surface area contributed by atoms with E-state index in [1.807, 2.05) is 39.8 Å². The molecule has 0 saturated carbocycles. The van der Waals surface area contributed by atoms with Crippen molar-refractivity contribution in [3.05, 3.63) is 62.3 Å². The van der Waals surface area contributed by atoms with E-state index in [0.717, 1.165) is 103 Å². The Balaban J connectivity index is 1.47. The van der Waals surface area contributed by atoms with Crippen LogP contribution in [0.3, 0.4) is 0 Å². The Morgan fingerprint density at radius 1 is 0.720 bits per heavy atom. The van der Waals surface area contributed by atoms with E-state index < -0.39 is 0 Å². The number of aliphatic hydroxyl groups is 1. The first-order valence-corrected chi connectivity index (χ1v) is 18.3. The number of allylic oxidation sites excluding steroid dienone is 4. The highest BCUT2D eigenvalue weighted by molar-refractivity contribution is 5.97. The van der Waals surface area contributed by atoms with Crippen molar-refractivity contribution in [1.82, 2.24) is 9.80 Å². The average molecular weight is 693 g/mol. The van der Waals surface area contributed by atoms with Gasteiger partial charge in [-0.2, -0.15) is 0 Å². The van der Waals surface area contributed by atoms with Gasteiger partial charge in [-0.1, -0.05) is 23.3 Å². The predicted octanol–water partition coefficient (Wildman–Crippen LogP) is 6.14. The van der Waals surface area contributed by atoms with Crippen LogP contribution in [0.4, 0.5) is 0 Å². The van der Waals surface area contributed by atoms with E-state index in [4.69, 9.17) is 23.4 Å². The molecular weight excluding hydrogens is 636 g/mol. The van der Waals surface area contributed by atoms with Crippen LogP contribution in [0.15, 0.2) is 44.6 Å². The van der Waals surface area contributed by atoms with E-state index in [-0.39, 0.29) is 28.8 Å². The Labute approximate surface area is 296 Å². The van der Waals surface area contributed by atoms with Gasteiger partial charge in [0.05, 0.1) is 51.6 Å².